The van der Waals surface area contributed by atoms with Gasteiger partial charge in [0.05, 0.1) is 29.4 Å². The van der Waals surface area contributed by atoms with Gasteiger partial charge in [0.1, 0.15) is 10.8 Å². The predicted molar refractivity (Wildman–Crippen MR) is 128 cm³/mol. The Balaban J connectivity index is 1.44. The molecule has 0 bridgehead atoms. The van der Waals surface area contributed by atoms with E-state index in [1.54, 1.807) is 18.4 Å². The number of ether oxygens (including phenoxy) is 2. The van der Waals surface area contributed by atoms with Crippen molar-refractivity contribution in [1.29, 1.82) is 0 Å². The molecule has 0 aliphatic rings. The molecule has 0 amide bonds. The van der Waals surface area contributed by atoms with Gasteiger partial charge in [-0.3, -0.25) is 14.9 Å². The van der Waals surface area contributed by atoms with E-state index in [9.17, 15) is 14.9 Å². The normalized spacial score (nSPS) is 11.0. The second-order valence-electron chi connectivity index (χ2n) is 6.92. The monoisotopic (exact) mass is 461 g/mol. The third kappa shape index (κ3) is 4.83. The van der Waals surface area contributed by atoms with Crippen molar-refractivity contribution in [2.75, 3.05) is 19.5 Å². The zero-order valence-corrected chi connectivity index (χ0v) is 18.6. The van der Waals surface area contributed by atoms with E-state index in [4.69, 9.17) is 9.47 Å². The topological polar surface area (TPSA) is 104 Å². The first-order valence-corrected chi connectivity index (χ1v) is 10.6. The molecule has 4 rings (SSSR count). The Morgan fingerprint density at radius 2 is 1.85 bits per heavy atom. The van der Waals surface area contributed by atoms with Crippen molar-refractivity contribution in [2.24, 2.45) is 0 Å². The smallest absolute Gasteiger partial charge is 0.311 e. The number of benzene rings is 3. The molecule has 0 atom stereocenters. The molecule has 8 nitrogen and oxygen atoms in total. The van der Waals surface area contributed by atoms with Crippen molar-refractivity contribution in [1.82, 2.24) is 4.98 Å². The Kier molecular flexibility index (Phi) is 6.32. The SMILES string of the molecule is COc1ccc2nc(-c3ccc(N/C=C\C(=O)c4ccc(OC)c([N+](=O)[O-])c4)cc3)sc2c1. The summed E-state index contributed by atoms with van der Waals surface area (Å²) in [5.41, 5.74) is 2.62. The van der Waals surface area contributed by atoms with E-state index in [0.717, 1.165) is 32.2 Å². The second-order valence-corrected chi connectivity index (χ2v) is 7.95. The summed E-state index contributed by atoms with van der Waals surface area (Å²) in [6.45, 7) is 0. The van der Waals surface area contributed by atoms with Crippen LogP contribution in [0.4, 0.5) is 11.4 Å². The summed E-state index contributed by atoms with van der Waals surface area (Å²) in [6.07, 6.45) is 2.82. The number of aromatic nitrogens is 1. The van der Waals surface area contributed by atoms with Crippen LogP contribution in [0.2, 0.25) is 0 Å². The minimum atomic E-state index is -0.582. The van der Waals surface area contributed by atoms with E-state index >= 15 is 0 Å². The molecular formula is C24H19N3O5S. The number of allylic oxidation sites excluding steroid dienone is 1. The first kappa shape index (κ1) is 22.0. The maximum Gasteiger partial charge on any atom is 0.311 e. The molecule has 9 heteroatoms. The van der Waals surface area contributed by atoms with Gasteiger partial charge < -0.3 is 14.8 Å². The van der Waals surface area contributed by atoms with Crippen LogP contribution in [0, 0.1) is 10.1 Å². The van der Waals surface area contributed by atoms with Gasteiger partial charge in [0, 0.05) is 35.2 Å². The van der Waals surface area contributed by atoms with E-state index in [1.165, 1.54) is 37.6 Å². The van der Waals surface area contributed by atoms with Gasteiger partial charge in [0.2, 0.25) is 0 Å². The number of nitro groups is 1. The number of nitrogens with zero attached hydrogens (tertiary/aromatic N) is 2. The first-order valence-electron chi connectivity index (χ1n) is 9.83. The van der Waals surface area contributed by atoms with Crippen LogP contribution < -0.4 is 14.8 Å². The summed E-state index contributed by atoms with van der Waals surface area (Å²) < 4.78 is 11.3. The third-order valence-corrected chi connectivity index (χ3v) is 5.94. The number of nitro benzene ring substituents is 1. The number of carbonyl (C=O) groups excluding carboxylic acids is 1. The number of rotatable bonds is 8. The van der Waals surface area contributed by atoms with Crippen molar-refractivity contribution >= 4 is 38.7 Å². The zero-order valence-electron chi connectivity index (χ0n) is 17.8. The number of ketones is 1. The van der Waals surface area contributed by atoms with Crippen LogP contribution in [0.15, 0.2) is 72.9 Å². The fourth-order valence-corrected chi connectivity index (χ4v) is 4.16. The molecule has 0 aliphatic heterocycles. The lowest BCUT2D eigenvalue weighted by molar-refractivity contribution is -0.385. The number of methoxy groups -OCH3 is 2. The van der Waals surface area contributed by atoms with Gasteiger partial charge in [-0.1, -0.05) is 0 Å². The van der Waals surface area contributed by atoms with E-state index in [1.807, 2.05) is 42.5 Å². The van der Waals surface area contributed by atoms with Crippen LogP contribution >= 0.6 is 11.3 Å². The number of carbonyl (C=O) groups is 1. The van der Waals surface area contributed by atoms with Crippen LogP contribution in [0.1, 0.15) is 10.4 Å². The Hall–Kier alpha value is -4.24. The minimum absolute atomic E-state index is 0.103. The lowest BCUT2D eigenvalue weighted by Gasteiger charge is -2.03. The first-order chi connectivity index (χ1) is 16.0. The zero-order chi connectivity index (χ0) is 23.4. The largest absolute Gasteiger partial charge is 0.497 e. The van der Waals surface area contributed by atoms with Crippen molar-refractivity contribution in [3.05, 3.63) is 88.6 Å². The fraction of sp³-hybridized carbons (Fsp3) is 0.0833. The molecule has 0 spiro atoms. The van der Waals surface area contributed by atoms with Gasteiger partial charge in [0.15, 0.2) is 11.5 Å². The van der Waals surface area contributed by atoms with Gasteiger partial charge in [-0.25, -0.2) is 4.98 Å². The Morgan fingerprint density at radius 3 is 2.55 bits per heavy atom. The second kappa shape index (κ2) is 9.49. The van der Waals surface area contributed by atoms with Crippen LogP contribution in [0.3, 0.4) is 0 Å². The summed E-state index contributed by atoms with van der Waals surface area (Å²) in [5.74, 6) is 0.531. The van der Waals surface area contributed by atoms with E-state index in [2.05, 4.69) is 10.3 Å². The molecule has 1 heterocycles. The molecule has 1 N–H and O–H groups in total. The molecule has 0 saturated heterocycles. The van der Waals surface area contributed by atoms with Gasteiger partial charge in [-0.05, 0) is 54.6 Å². The Bertz CT molecular complexity index is 1360. The average molecular weight is 461 g/mol. The number of nitrogens with one attached hydrogen (secondary N) is 1. The lowest BCUT2D eigenvalue weighted by atomic mass is 10.1. The number of anilines is 1. The van der Waals surface area contributed by atoms with Gasteiger partial charge in [-0.15, -0.1) is 11.3 Å². The molecule has 0 fully saturated rings. The van der Waals surface area contributed by atoms with Crippen LogP contribution in [-0.2, 0) is 0 Å². The van der Waals surface area contributed by atoms with E-state index < -0.39 is 4.92 Å². The summed E-state index contributed by atoms with van der Waals surface area (Å²) in [4.78, 5) is 27.6. The maximum atomic E-state index is 12.4. The number of thiazole rings is 1. The summed E-state index contributed by atoms with van der Waals surface area (Å²) in [5, 5.41) is 15.1. The molecule has 0 aliphatic carbocycles. The standard InChI is InChI=1S/C24H19N3O5S/c1-31-18-8-9-19-23(14-18)33-24(26-19)15-3-6-17(7-4-15)25-12-11-21(28)16-5-10-22(32-2)20(13-16)27(29)30/h3-14,25H,1-2H3/b12-11-. The van der Waals surface area contributed by atoms with Crippen LogP contribution in [0.5, 0.6) is 11.5 Å². The molecule has 3 aromatic carbocycles. The molecule has 0 unspecified atom stereocenters. The van der Waals surface area contributed by atoms with E-state index in [0.29, 0.717) is 0 Å². The number of hydrogen-bond donors (Lipinski definition) is 1. The highest BCUT2D eigenvalue weighted by molar-refractivity contribution is 7.21. The van der Waals surface area contributed by atoms with Crippen molar-refractivity contribution in [3.63, 3.8) is 0 Å². The molecule has 1 aromatic heterocycles. The number of hydrogen-bond acceptors (Lipinski definition) is 8. The van der Waals surface area contributed by atoms with Crippen molar-refractivity contribution < 1.29 is 19.2 Å². The molecule has 33 heavy (non-hydrogen) atoms. The fourth-order valence-electron chi connectivity index (χ4n) is 3.16. The van der Waals surface area contributed by atoms with Crippen LogP contribution in [0.25, 0.3) is 20.8 Å². The summed E-state index contributed by atoms with van der Waals surface area (Å²) >= 11 is 1.58. The van der Waals surface area contributed by atoms with Crippen molar-refractivity contribution in [2.45, 2.75) is 0 Å². The van der Waals surface area contributed by atoms with Crippen molar-refractivity contribution in [3.8, 4) is 22.1 Å². The highest BCUT2D eigenvalue weighted by Gasteiger charge is 2.17. The van der Waals surface area contributed by atoms with Gasteiger partial charge in [0.25, 0.3) is 0 Å². The summed E-state index contributed by atoms with van der Waals surface area (Å²) in [6, 6.07) is 17.5. The molecule has 4 aromatic rings. The minimum Gasteiger partial charge on any atom is -0.497 e. The highest BCUT2D eigenvalue weighted by atomic mass is 32.1. The molecule has 0 saturated carbocycles. The number of fused-ring (bicyclic) bond motifs is 1. The molecule has 0 radical (unpaired) electrons. The molecular weight excluding hydrogens is 442 g/mol. The lowest BCUT2D eigenvalue weighted by Crippen LogP contribution is -2.00. The third-order valence-electron chi connectivity index (χ3n) is 4.87. The van der Waals surface area contributed by atoms with Gasteiger partial charge >= 0.3 is 5.69 Å². The highest BCUT2D eigenvalue weighted by Crippen LogP contribution is 2.33. The van der Waals surface area contributed by atoms with Crippen LogP contribution in [-0.4, -0.2) is 29.9 Å². The molecule has 166 valence electrons. The van der Waals surface area contributed by atoms with E-state index in [-0.39, 0.29) is 22.8 Å². The summed E-state index contributed by atoms with van der Waals surface area (Å²) in [7, 11) is 2.98. The average Bonchev–Trinajstić information content (AvgIpc) is 3.27. The maximum absolute atomic E-state index is 12.4. The Labute approximate surface area is 193 Å². The quantitative estimate of drug-likeness (QED) is 0.155. The Morgan fingerprint density at radius 1 is 1.06 bits per heavy atom. The predicted octanol–water partition coefficient (Wildman–Crippen LogP) is 5.70. The van der Waals surface area contributed by atoms with Gasteiger partial charge in [-0.2, -0.15) is 0 Å².